The molecule has 9 nitrogen and oxygen atoms in total. The Kier molecular flexibility index (Phi) is 56.4. The van der Waals surface area contributed by atoms with Crippen LogP contribution in [0.15, 0.2) is 109 Å². The molecule has 0 bridgehead atoms. The second-order valence-electron chi connectivity index (χ2n) is 22.9. The van der Waals surface area contributed by atoms with Gasteiger partial charge in [0, 0.05) is 12.8 Å². The highest BCUT2D eigenvalue weighted by Gasteiger charge is 2.27. The van der Waals surface area contributed by atoms with Gasteiger partial charge in [-0.15, -0.1) is 0 Å². The van der Waals surface area contributed by atoms with Crippen molar-refractivity contribution in [3.63, 3.8) is 0 Å². The van der Waals surface area contributed by atoms with Crippen LogP contribution in [0.1, 0.15) is 271 Å². The molecule has 0 saturated heterocycles. The van der Waals surface area contributed by atoms with E-state index in [0.717, 1.165) is 135 Å². The van der Waals surface area contributed by atoms with E-state index in [1.54, 1.807) is 0 Å². The number of amides is 1. The Labute approximate surface area is 493 Å². The number of hydrogen-bond donors (Lipinski definition) is 1. The first-order valence-electron chi connectivity index (χ1n) is 32.7. The predicted molar refractivity (Wildman–Crippen MR) is 344 cm³/mol. The van der Waals surface area contributed by atoms with Crippen LogP contribution >= 0.6 is 7.82 Å². The van der Waals surface area contributed by atoms with Crippen molar-refractivity contribution in [1.29, 1.82) is 0 Å². The van der Waals surface area contributed by atoms with Crippen molar-refractivity contribution in [2.24, 2.45) is 0 Å². The summed E-state index contributed by atoms with van der Waals surface area (Å²) in [5.41, 5.74) is 0. The van der Waals surface area contributed by atoms with Gasteiger partial charge >= 0.3 is 5.97 Å². The first-order chi connectivity index (χ1) is 38.9. The van der Waals surface area contributed by atoms with Gasteiger partial charge in [-0.25, -0.2) is 0 Å². The van der Waals surface area contributed by atoms with Crippen LogP contribution in [0.4, 0.5) is 0 Å². The smallest absolute Gasteiger partial charge is 0.306 e. The van der Waals surface area contributed by atoms with E-state index < -0.39 is 26.6 Å². The lowest BCUT2D eigenvalue weighted by Crippen LogP contribution is -2.47. The average molecular weight is 1140 g/mol. The molecule has 10 heteroatoms. The fourth-order valence-corrected chi connectivity index (χ4v) is 9.65. The van der Waals surface area contributed by atoms with Gasteiger partial charge < -0.3 is 28.5 Å². The number of nitrogens with one attached hydrogen (secondary N) is 1. The summed E-state index contributed by atoms with van der Waals surface area (Å²) in [7, 11) is 1.16. The van der Waals surface area contributed by atoms with Crippen LogP contribution in [0.3, 0.4) is 0 Å². The topological polar surface area (TPSA) is 114 Å². The van der Waals surface area contributed by atoms with Crippen molar-refractivity contribution in [3.8, 4) is 0 Å². The normalized spacial score (nSPS) is 14.3. The third-order valence-electron chi connectivity index (χ3n) is 14.0. The molecule has 0 spiro atoms. The third kappa shape index (κ3) is 59.3. The molecule has 0 aliphatic rings. The molecule has 0 aromatic heterocycles. The first kappa shape index (κ1) is 76.7. The van der Waals surface area contributed by atoms with Gasteiger partial charge in [0.25, 0.3) is 7.82 Å². The summed E-state index contributed by atoms with van der Waals surface area (Å²) in [6.45, 7) is 6.68. The molecule has 80 heavy (non-hydrogen) atoms. The molecule has 1 amide bonds. The molecule has 0 aliphatic heterocycles. The van der Waals surface area contributed by atoms with E-state index in [1.165, 1.54) is 96.3 Å². The van der Waals surface area contributed by atoms with Gasteiger partial charge in [0.1, 0.15) is 19.3 Å². The number of likely N-dealkylation sites (N-methyl/N-ethyl adjacent to an activating group) is 1. The maximum atomic E-state index is 13.5. The monoisotopic (exact) mass is 1130 g/mol. The molecule has 460 valence electrons. The SMILES string of the molecule is CC/C=C\C/C=C\C/C=C\C/C=C\C/C=C\C/C=C\CCCCCCCCCCC(=O)OC(/C=C\CCCCCCCCCCCC)C(COP(=O)([O-])OCC[N+](C)(C)C)NC(=O)CCCCCCCC/C=C/C=C/CCCCC. The Morgan fingerprint density at radius 1 is 0.463 bits per heavy atom. The summed E-state index contributed by atoms with van der Waals surface area (Å²) >= 11 is 0. The van der Waals surface area contributed by atoms with Gasteiger partial charge in [-0.2, -0.15) is 0 Å². The fraction of sp³-hybridized carbons (Fsp3) is 0.714. The van der Waals surface area contributed by atoms with Crippen molar-refractivity contribution in [3.05, 3.63) is 109 Å². The molecular weight excluding hydrogens is 1010 g/mol. The molecule has 0 fully saturated rings. The quantitative estimate of drug-likeness (QED) is 0.0161. The maximum Gasteiger partial charge on any atom is 0.306 e. The summed E-state index contributed by atoms with van der Waals surface area (Å²) in [6, 6.07) is -0.904. The van der Waals surface area contributed by atoms with Crippen LogP contribution in [0.2, 0.25) is 0 Å². The predicted octanol–water partition coefficient (Wildman–Crippen LogP) is 19.9. The molecule has 0 heterocycles. The van der Waals surface area contributed by atoms with E-state index in [4.69, 9.17) is 13.8 Å². The van der Waals surface area contributed by atoms with Crippen molar-refractivity contribution in [1.82, 2.24) is 5.32 Å². The zero-order chi connectivity index (χ0) is 58.6. The number of rotatable bonds is 58. The standard InChI is InChI=1S/C70H123N2O7P/c1-7-10-13-16-19-22-25-28-30-31-32-33-34-35-36-37-38-39-40-41-43-45-48-51-54-57-60-63-70(74)79-68(61-58-55-52-49-46-27-24-21-18-15-12-9-3)67(66-78-80(75,76)77-65-64-72(4,5)6)71-69(73)62-59-56-53-50-47-44-42-29-26-23-20-17-14-11-8-2/h10,13,19-20,22-23,26,28-30,32-33,35-36,38-39,58,61,67-68H,7-9,11-12,14-18,21,24-25,27,31,34,37,40-57,59-60,62-66H2,1-6H3,(H-,71,73,75,76)/b13-10-,22-19-,23-20+,29-26+,30-28-,33-32-,36-35-,39-38-,61-58-. The number of unbranched alkanes of at least 4 members (excludes halogenated alkanes) is 27. The van der Waals surface area contributed by atoms with Gasteiger partial charge in [-0.05, 0) is 109 Å². The van der Waals surface area contributed by atoms with Crippen LogP contribution in [0, 0.1) is 0 Å². The summed E-state index contributed by atoms with van der Waals surface area (Å²) in [4.78, 5) is 40.0. The highest BCUT2D eigenvalue weighted by atomic mass is 31.2. The molecule has 3 atom stereocenters. The van der Waals surface area contributed by atoms with Gasteiger partial charge in [-0.1, -0.05) is 259 Å². The minimum absolute atomic E-state index is 0.0310. The minimum atomic E-state index is -4.71. The number of nitrogens with zero attached hydrogens (tertiary/aromatic N) is 1. The summed E-state index contributed by atoms with van der Waals surface area (Å²) in [5, 5.41) is 3.02. The number of quaternary nitrogens is 1. The van der Waals surface area contributed by atoms with Crippen molar-refractivity contribution in [2.45, 2.75) is 283 Å². The van der Waals surface area contributed by atoms with Gasteiger partial charge in [0.05, 0.1) is 33.8 Å². The number of carbonyl (C=O) groups excluding carboxylic acids is 2. The lowest BCUT2D eigenvalue weighted by atomic mass is 10.0. The number of phosphoric ester groups is 1. The lowest BCUT2D eigenvalue weighted by molar-refractivity contribution is -0.870. The summed E-state index contributed by atoms with van der Waals surface area (Å²) in [5.74, 6) is -0.567. The van der Waals surface area contributed by atoms with Crippen LogP contribution in [-0.4, -0.2) is 69.4 Å². The highest BCUT2D eigenvalue weighted by molar-refractivity contribution is 7.45. The Morgan fingerprint density at radius 3 is 1.30 bits per heavy atom. The number of allylic oxidation sites excluding steroid dienone is 17. The number of phosphoric acid groups is 1. The van der Waals surface area contributed by atoms with Crippen molar-refractivity contribution < 1.29 is 37.3 Å². The second-order valence-corrected chi connectivity index (χ2v) is 24.3. The molecule has 0 aliphatic carbocycles. The molecule has 1 N–H and O–H groups in total. The number of ether oxygens (including phenoxy) is 1. The van der Waals surface area contributed by atoms with Crippen LogP contribution in [0.25, 0.3) is 0 Å². The van der Waals surface area contributed by atoms with E-state index in [2.05, 4.69) is 123 Å². The molecule has 0 aromatic carbocycles. The zero-order valence-corrected chi connectivity index (χ0v) is 53.4. The van der Waals surface area contributed by atoms with E-state index in [0.29, 0.717) is 23.9 Å². The first-order valence-corrected chi connectivity index (χ1v) is 34.2. The molecule has 0 saturated carbocycles. The van der Waals surface area contributed by atoms with E-state index >= 15 is 0 Å². The summed E-state index contributed by atoms with van der Waals surface area (Å²) < 4.78 is 30.3. The van der Waals surface area contributed by atoms with E-state index in [1.807, 2.05) is 33.3 Å². The number of hydrogen-bond acceptors (Lipinski definition) is 7. The molecule has 0 rings (SSSR count). The largest absolute Gasteiger partial charge is 0.756 e. The average Bonchev–Trinajstić information content (AvgIpc) is 3.43. The fourth-order valence-electron chi connectivity index (χ4n) is 8.93. The number of esters is 1. The Morgan fingerprint density at radius 2 is 0.838 bits per heavy atom. The van der Waals surface area contributed by atoms with Crippen molar-refractivity contribution >= 4 is 19.7 Å². The highest BCUT2D eigenvalue weighted by Crippen LogP contribution is 2.38. The van der Waals surface area contributed by atoms with Crippen LogP contribution < -0.4 is 10.2 Å². The Bertz CT molecular complexity index is 1740. The lowest BCUT2D eigenvalue weighted by Gasteiger charge is -2.30. The van der Waals surface area contributed by atoms with Gasteiger partial charge in [0.15, 0.2) is 0 Å². The summed E-state index contributed by atoms with van der Waals surface area (Å²) in [6.07, 6.45) is 80.6. The maximum absolute atomic E-state index is 13.5. The molecule has 3 unspecified atom stereocenters. The van der Waals surface area contributed by atoms with Crippen molar-refractivity contribution in [2.75, 3.05) is 40.9 Å². The van der Waals surface area contributed by atoms with Gasteiger partial charge in [-0.3, -0.25) is 14.2 Å². The molecular formula is C70H123N2O7P. The molecule has 0 aromatic rings. The third-order valence-corrected chi connectivity index (χ3v) is 14.9. The molecule has 0 radical (unpaired) electrons. The minimum Gasteiger partial charge on any atom is -0.756 e. The zero-order valence-electron chi connectivity index (χ0n) is 52.5. The van der Waals surface area contributed by atoms with E-state index in [9.17, 15) is 19.0 Å². The van der Waals surface area contributed by atoms with Crippen LogP contribution in [0.5, 0.6) is 0 Å². The number of carbonyl (C=O) groups is 2. The second kappa shape index (κ2) is 58.9. The van der Waals surface area contributed by atoms with Gasteiger partial charge in [0.2, 0.25) is 5.91 Å². The van der Waals surface area contributed by atoms with E-state index in [-0.39, 0.29) is 24.9 Å². The Hall–Kier alpha value is -3.33. The van der Waals surface area contributed by atoms with Crippen LogP contribution in [-0.2, 0) is 27.9 Å². The Balaban J connectivity index is 5.15.